The standard InChI is InChI=1S/C21H22N4O3S/c1-14-7-5-8-15-19(14)25(21(28)23(15)2)13-16-20(29-12-6-10-18(26)27)22-17-9-3-4-11-24(16)17/h3-5,7-9,11H,6,10,12-13H2,1-2H3,(H,26,27). The normalized spacial score (nSPS) is 11.5. The molecule has 0 fully saturated rings. The van der Waals surface area contributed by atoms with Gasteiger partial charge in [0.2, 0.25) is 0 Å². The number of fused-ring (bicyclic) bond motifs is 2. The molecule has 0 amide bonds. The molecule has 150 valence electrons. The molecule has 0 saturated carbocycles. The van der Waals surface area contributed by atoms with E-state index in [1.54, 1.807) is 16.2 Å². The van der Waals surface area contributed by atoms with Crippen LogP contribution in [0.2, 0.25) is 0 Å². The number of imidazole rings is 2. The quantitative estimate of drug-likeness (QED) is 0.373. The maximum atomic E-state index is 13.0. The lowest BCUT2D eigenvalue weighted by Gasteiger charge is -2.08. The molecule has 0 bridgehead atoms. The van der Waals surface area contributed by atoms with E-state index < -0.39 is 5.97 Å². The van der Waals surface area contributed by atoms with Crippen LogP contribution in [-0.4, -0.2) is 35.3 Å². The third-order valence-electron chi connectivity index (χ3n) is 5.04. The maximum Gasteiger partial charge on any atom is 0.329 e. The van der Waals surface area contributed by atoms with Gasteiger partial charge in [-0.2, -0.15) is 0 Å². The summed E-state index contributed by atoms with van der Waals surface area (Å²) in [5.74, 6) is -0.134. The number of thioether (sulfide) groups is 1. The number of nitrogens with zero attached hydrogens (tertiary/aromatic N) is 4. The molecule has 0 aliphatic rings. The van der Waals surface area contributed by atoms with Gasteiger partial charge in [-0.15, -0.1) is 11.8 Å². The van der Waals surface area contributed by atoms with Crippen molar-refractivity contribution >= 4 is 34.4 Å². The fourth-order valence-electron chi connectivity index (χ4n) is 3.62. The third kappa shape index (κ3) is 3.55. The van der Waals surface area contributed by atoms with Crippen molar-refractivity contribution in [3.63, 3.8) is 0 Å². The van der Waals surface area contributed by atoms with Crippen molar-refractivity contribution < 1.29 is 9.90 Å². The SMILES string of the molecule is Cc1cccc2c1n(Cc1c(SCCCC(=O)O)nc3ccccn13)c(=O)n2C. The lowest BCUT2D eigenvalue weighted by molar-refractivity contribution is -0.137. The maximum absolute atomic E-state index is 13.0. The van der Waals surface area contributed by atoms with Gasteiger partial charge < -0.3 is 9.51 Å². The van der Waals surface area contributed by atoms with E-state index in [1.807, 2.05) is 53.9 Å². The van der Waals surface area contributed by atoms with Crippen molar-refractivity contribution in [2.75, 3.05) is 5.75 Å². The van der Waals surface area contributed by atoms with E-state index in [1.165, 1.54) is 11.8 Å². The molecule has 0 unspecified atom stereocenters. The molecule has 3 aromatic heterocycles. The molecule has 0 aliphatic carbocycles. The first-order chi connectivity index (χ1) is 14.0. The first-order valence-electron chi connectivity index (χ1n) is 9.42. The van der Waals surface area contributed by atoms with Crippen molar-refractivity contribution in [2.24, 2.45) is 7.05 Å². The minimum Gasteiger partial charge on any atom is -0.481 e. The molecule has 4 rings (SSSR count). The van der Waals surface area contributed by atoms with Crippen molar-refractivity contribution in [3.05, 3.63) is 64.3 Å². The molecule has 0 aliphatic heterocycles. The highest BCUT2D eigenvalue weighted by Gasteiger charge is 2.18. The number of aliphatic carboxylic acids is 1. The molecule has 7 nitrogen and oxygen atoms in total. The number of carboxylic acids is 1. The Balaban J connectivity index is 1.77. The number of pyridine rings is 1. The third-order valence-corrected chi connectivity index (χ3v) is 6.13. The fraction of sp³-hybridized carbons (Fsp3) is 0.286. The summed E-state index contributed by atoms with van der Waals surface area (Å²) < 4.78 is 5.47. The molecule has 0 atom stereocenters. The predicted molar refractivity (Wildman–Crippen MR) is 114 cm³/mol. The Labute approximate surface area is 171 Å². The van der Waals surface area contributed by atoms with Crippen LogP contribution in [0.3, 0.4) is 0 Å². The van der Waals surface area contributed by atoms with Crippen LogP contribution in [0.1, 0.15) is 24.1 Å². The van der Waals surface area contributed by atoms with E-state index in [0.717, 1.165) is 33.0 Å². The minimum atomic E-state index is -0.793. The van der Waals surface area contributed by atoms with Gasteiger partial charge in [0.25, 0.3) is 0 Å². The number of rotatable bonds is 7. The van der Waals surface area contributed by atoms with Crippen molar-refractivity contribution in [2.45, 2.75) is 31.3 Å². The molecule has 0 radical (unpaired) electrons. The second kappa shape index (κ2) is 7.79. The number of aromatic nitrogens is 4. The van der Waals surface area contributed by atoms with E-state index in [0.29, 0.717) is 18.7 Å². The number of benzene rings is 1. The van der Waals surface area contributed by atoms with Crippen LogP contribution < -0.4 is 5.69 Å². The van der Waals surface area contributed by atoms with Gasteiger partial charge in [-0.3, -0.25) is 13.9 Å². The first kappa shape index (κ1) is 19.3. The fourth-order valence-corrected chi connectivity index (χ4v) is 4.59. The van der Waals surface area contributed by atoms with Crippen molar-refractivity contribution in [1.82, 2.24) is 18.5 Å². The van der Waals surface area contributed by atoms with E-state index in [-0.39, 0.29) is 12.1 Å². The Morgan fingerprint density at radius 3 is 2.83 bits per heavy atom. The van der Waals surface area contributed by atoms with Gasteiger partial charge in [0.15, 0.2) is 0 Å². The Bertz CT molecular complexity index is 1270. The highest BCUT2D eigenvalue weighted by atomic mass is 32.2. The smallest absolute Gasteiger partial charge is 0.329 e. The lowest BCUT2D eigenvalue weighted by Crippen LogP contribution is -2.23. The summed E-state index contributed by atoms with van der Waals surface area (Å²) >= 11 is 1.54. The summed E-state index contributed by atoms with van der Waals surface area (Å²) in [4.78, 5) is 28.5. The van der Waals surface area contributed by atoms with Gasteiger partial charge in [0, 0.05) is 25.4 Å². The molecule has 4 aromatic rings. The molecule has 29 heavy (non-hydrogen) atoms. The average Bonchev–Trinajstić information content (AvgIpc) is 3.17. The van der Waals surface area contributed by atoms with Crippen LogP contribution in [0, 0.1) is 6.92 Å². The van der Waals surface area contributed by atoms with E-state index in [9.17, 15) is 9.59 Å². The molecule has 8 heteroatoms. The van der Waals surface area contributed by atoms with E-state index in [4.69, 9.17) is 10.1 Å². The topological polar surface area (TPSA) is 81.5 Å². The zero-order valence-electron chi connectivity index (χ0n) is 16.3. The van der Waals surface area contributed by atoms with Gasteiger partial charge in [0.05, 0.1) is 23.3 Å². The van der Waals surface area contributed by atoms with Crippen LogP contribution in [-0.2, 0) is 18.4 Å². The van der Waals surface area contributed by atoms with Gasteiger partial charge in [-0.25, -0.2) is 9.78 Å². The highest BCUT2D eigenvalue weighted by Crippen LogP contribution is 2.26. The Morgan fingerprint density at radius 2 is 2.03 bits per heavy atom. The summed E-state index contributed by atoms with van der Waals surface area (Å²) in [6.07, 6.45) is 2.65. The minimum absolute atomic E-state index is 0.0676. The Morgan fingerprint density at radius 1 is 1.21 bits per heavy atom. The Hall–Kier alpha value is -3.00. The molecule has 1 aromatic carbocycles. The largest absolute Gasteiger partial charge is 0.481 e. The van der Waals surface area contributed by atoms with Gasteiger partial charge in [-0.1, -0.05) is 18.2 Å². The molecule has 1 N–H and O–H groups in total. The lowest BCUT2D eigenvalue weighted by atomic mass is 10.2. The van der Waals surface area contributed by atoms with Crippen LogP contribution in [0.15, 0.2) is 52.4 Å². The summed E-state index contributed by atoms with van der Waals surface area (Å²) in [6.45, 7) is 2.40. The van der Waals surface area contributed by atoms with Crippen molar-refractivity contribution in [1.29, 1.82) is 0 Å². The molecule has 0 spiro atoms. The Kier molecular flexibility index (Phi) is 5.19. The van der Waals surface area contributed by atoms with Gasteiger partial charge >= 0.3 is 11.7 Å². The number of carboxylic acid groups (broad SMARTS) is 1. The summed E-state index contributed by atoms with van der Waals surface area (Å²) in [6, 6.07) is 11.7. The second-order valence-electron chi connectivity index (χ2n) is 7.01. The zero-order chi connectivity index (χ0) is 20.5. The van der Waals surface area contributed by atoms with Crippen LogP contribution in [0.25, 0.3) is 16.7 Å². The monoisotopic (exact) mass is 410 g/mol. The van der Waals surface area contributed by atoms with E-state index in [2.05, 4.69) is 0 Å². The molecule has 3 heterocycles. The average molecular weight is 410 g/mol. The van der Waals surface area contributed by atoms with Crippen molar-refractivity contribution in [3.8, 4) is 0 Å². The van der Waals surface area contributed by atoms with Crippen LogP contribution in [0.4, 0.5) is 0 Å². The summed E-state index contributed by atoms with van der Waals surface area (Å²) in [7, 11) is 1.79. The summed E-state index contributed by atoms with van der Waals surface area (Å²) in [5.41, 5.74) is 4.55. The molecule has 0 saturated heterocycles. The number of hydrogen-bond acceptors (Lipinski definition) is 4. The first-order valence-corrected chi connectivity index (χ1v) is 10.4. The number of hydrogen-bond donors (Lipinski definition) is 1. The highest BCUT2D eigenvalue weighted by molar-refractivity contribution is 7.99. The second-order valence-corrected chi connectivity index (χ2v) is 8.09. The zero-order valence-corrected chi connectivity index (χ0v) is 17.1. The van der Waals surface area contributed by atoms with E-state index >= 15 is 0 Å². The number of aryl methyl sites for hydroxylation is 2. The molecular formula is C21H22N4O3S. The number of carbonyl (C=O) groups is 1. The van der Waals surface area contributed by atoms with Gasteiger partial charge in [-0.05, 0) is 37.1 Å². The predicted octanol–water partition coefficient (Wildman–Crippen LogP) is 3.30. The molecular weight excluding hydrogens is 388 g/mol. The number of para-hydroxylation sites is 1. The summed E-state index contributed by atoms with van der Waals surface area (Å²) in [5, 5.41) is 9.70. The van der Waals surface area contributed by atoms with Crippen LogP contribution in [0.5, 0.6) is 0 Å². The van der Waals surface area contributed by atoms with Crippen LogP contribution >= 0.6 is 11.8 Å². The van der Waals surface area contributed by atoms with Gasteiger partial charge in [0.1, 0.15) is 10.7 Å².